The summed E-state index contributed by atoms with van der Waals surface area (Å²) in [4.78, 5) is 42.5. The van der Waals surface area contributed by atoms with E-state index in [-0.39, 0.29) is 24.8 Å². The van der Waals surface area contributed by atoms with Gasteiger partial charge < -0.3 is 14.6 Å². The molecule has 1 atom stereocenters. The van der Waals surface area contributed by atoms with Crippen molar-refractivity contribution in [3.63, 3.8) is 0 Å². The van der Waals surface area contributed by atoms with Crippen LogP contribution in [0.25, 0.3) is 0 Å². The van der Waals surface area contributed by atoms with E-state index in [2.05, 4.69) is 22.3 Å². The van der Waals surface area contributed by atoms with Crippen LogP contribution < -0.4 is 5.32 Å². The number of nitrogens with one attached hydrogen (secondary N) is 1. The van der Waals surface area contributed by atoms with Crippen LogP contribution in [0, 0.1) is 0 Å². The monoisotopic (exact) mass is 410 g/mol. The van der Waals surface area contributed by atoms with Gasteiger partial charge in [0.05, 0.1) is 12.8 Å². The number of nitrogens with zero attached hydrogens (tertiary/aromatic N) is 3. The molecule has 1 N–H and O–H groups in total. The maximum Gasteiger partial charge on any atom is 0.325 e. The molecule has 158 valence electrons. The minimum Gasteiger partial charge on any atom is -0.467 e. The molecule has 0 spiro atoms. The largest absolute Gasteiger partial charge is 0.467 e. The number of hydrogen-bond donors (Lipinski definition) is 1. The first kappa shape index (κ1) is 20.2. The average molecular weight is 410 g/mol. The lowest BCUT2D eigenvalue weighted by molar-refractivity contribution is -0.133. The molecule has 2 aromatic rings. The van der Waals surface area contributed by atoms with E-state index in [0.717, 1.165) is 24.5 Å². The molecule has 1 aromatic heterocycles. The summed E-state index contributed by atoms with van der Waals surface area (Å²) in [5.74, 6) is 0.265. The third kappa shape index (κ3) is 4.71. The first-order valence-electron chi connectivity index (χ1n) is 10.3. The molecular formula is C22H26N4O4. The van der Waals surface area contributed by atoms with Gasteiger partial charge in [-0.2, -0.15) is 0 Å². The fourth-order valence-electron chi connectivity index (χ4n) is 3.90. The van der Waals surface area contributed by atoms with Crippen molar-refractivity contribution in [1.29, 1.82) is 0 Å². The number of hydrogen-bond acceptors (Lipinski definition) is 5. The van der Waals surface area contributed by atoms with Crippen LogP contribution in [0.5, 0.6) is 0 Å². The van der Waals surface area contributed by atoms with Crippen molar-refractivity contribution in [3.8, 4) is 0 Å². The summed E-state index contributed by atoms with van der Waals surface area (Å²) in [7, 11) is 0. The highest BCUT2D eigenvalue weighted by Gasteiger charge is 2.38. The molecule has 8 heteroatoms. The van der Waals surface area contributed by atoms with Crippen LogP contribution in [0.4, 0.5) is 4.79 Å². The number of rotatable bonds is 7. The standard InChI is InChI=1S/C22H26N4O4/c27-20(25-12-10-24(11-13-25)15-17-5-2-1-3-6-17)9-8-19-21(28)26(22(29)23-19)16-18-7-4-14-30-18/h1-7,14,19H,8-13,15-16H2,(H,23,29)/t19-/m1/s1. The van der Waals surface area contributed by atoms with Gasteiger partial charge in [0, 0.05) is 39.1 Å². The fraction of sp³-hybridized carbons (Fsp3) is 0.409. The number of amides is 4. The van der Waals surface area contributed by atoms with Crippen LogP contribution in [0.3, 0.4) is 0 Å². The lowest BCUT2D eigenvalue weighted by Crippen LogP contribution is -2.48. The highest BCUT2D eigenvalue weighted by atomic mass is 16.3. The molecule has 4 rings (SSSR count). The van der Waals surface area contributed by atoms with Crippen molar-refractivity contribution in [3.05, 3.63) is 60.1 Å². The van der Waals surface area contributed by atoms with Gasteiger partial charge in [-0.3, -0.25) is 19.4 Å². The molecule has 0 unspecified atom stereocenters. The zero-order valence-electron chi connectivity index (χ0n) is 16.8. The Hall–Kier alpha value is -3.13. The number of furan rings is 1. The van der Waals surface area contributed by atoms with Crippen LogP contribution in [0.15, 0.2) is 53.1 Å². The molecule has 2 aliphatic rings. The summed E-state index contributed by atoms with van der Waals surface area (Å²) >= 11 is 0. The first-order chi connectivity index (χ1) is 14.6. The number of imide groups is 1. The number of piperazine rings is 1. The molecule has 1 aromatic carbocycles. The van der Waals surface area contributed by atoms with Crippen LogP contribution in [-0.4, -0.2) is 64.8 Å². The summed E-state index contributed by atoms with van der Waals surface area (Å²) in [6.45, 7) is 4.01. The Morgan fingerprint density at radius 1 is 1.00 bits per heavy atom. The Labute approximate surface area is 175 Å². The predicted molar refractivity (Wildman–Crippen MR) is 109 cm³/mol. The van der Waals surface area contributed by atoms with Crippen molar-refractivity contribution in [2.24, 2.45) is 0 Å². The Morgan fingerprint density at radius 2 is 1.77 bits per heavy atom. The Morgan fingerprint density at radius 3 is 2.47 bits per heavy atom. The Balaban J connectivity index is 1.21. The van der Waals surface area contributed by atoms with Crippen molar-refractivity contribution < 1.29 is 18.8 Å². The zero-order valence-corrected chi connectivity index (χ0v) is 16.8. The molecule has 0 saturated carbocycles. The maximum absolute atomic E-state index is 12.6. The first-order valence-corrected chi connectivity index (χ1v) is 10.3. The molecule has 2 saturated heterocycles. The van der Waals surface area contributed by atoms with Gasteiger partial charge in [0.15, 0.2) is 0 Å². The second-order valence-electron chi connectivity index (χ2n) is 7.69. The SMILES string of the molecule is O=C(CC[C@H]1NC(=O)N(Cc2ccco2)C1=O)N1CCN(Cc2ccccc2)CC1. The van der Waals surface area contributed by atoms with E-state index < -0.39 is 12.1 Å². The lowest BCUT2D eigenvalue weighted by atomic mass is 10.1. The summed E-state index contributed by atoms with van der Waals surface area (Å²) in [6.07, 6.45) is 2.05. The van der Waals surface area contributed by atoms with Crippen molar-refractivity contribution in [2.45, 2.75) is 32.0 Å². The zero-order chi connectivity index (χ0) is 20.9. The number of carbonyl (C=O) groups is 3. The van der Waals surface area contributed by atoms with E-state index >= 15 is 0 Å². The minimum absolute atomic E-state index is 0.0286. The normalized spacial score (nSPS) is 19.9. The Kier molecular flexibility index (Phi) is 6.13. The van der Waals surface area contributed by atoms with E-state index in [1.54, 1.807) is 12.1 Å². The van der Waals surface area contributed by atoms with E-state index in [9.17, 15) is 14.4 Å². The molecule has 8 nitrogen and oxygen atoms in total. The van der Waals surface area contributed by atoms with Gasteiger partial charge in [-0.05, 0) is 24.1 Å². The number of benzene rings is 1. The quantitative estimate of drug-likeness (QED) is 0.704. The van der Waals surface area contributed by atoms with Gasteiger partial charge in [0.2, 0.25) is 5.91 Å². The molecule has 4 amide bonds. The van der Waals surface area contributed by atoms with Crippen molar-refractivity contribution in [1.82, 2.24) is 20.0 Å². The van der Waals surface area contributed by atoms with Crippen LogP contribution in [-0.2, 0) is 22.7 Å². The molecule has 0 radical (unpaired) electrons. The van der Waals surface area contributed by atoms with Gasteiger partial charge in [-0.1, -0.05) is 30.3 Å². The third-order valence-electron chi connectivity index (χ3n) is 5.62. The fourth-order valence-corrected chi connectivity index (χ4v) is 3.90. The topological polar surface area (TPSA) is 86.1 Å². The second kappa shape index (κ2) is 9.13. The van der Waals surface area contributed by atoms with E-state index in [0.29, 0.717) is 25.3 Å². The summed E-state index contributed by atoms with van der Waals surface area (Å²) in [5.41, 5.74) is 1.27. The summed E-state index contributed by atoms with van der Waals surface area (Å²) in [6, 6.07) is 12.6. The van der Waals surface area contributed by atoms with E-state index in [1.807, 2.05) is 23.1 Å². The highest BCUT2D eigenvalue weighted by Crippen LogP contribution is 2.16. The number of carbonyl (C=O) groups excluding carboxylic acids is 3. The molecule has 3 heterocycles. The lowest BCUT2D eigenvalue weighted by Gasteiger charge is -2.35. The smallest absolute Gasteiger partial charge is 0.325 e. The molecule has 2 aliphatic heterocycles. The van der Waals surface area contributed by atoms with Crippen molar-refractivity contribution >= 4 is 17.8 Å². The van der Waals surface area contributed by atoms with Gasteiger partial charge in [-0.15, -0.1) is 0 Å². The minimum atomic E-state index is -0.657. The van der Waals surface area contributed by atoms with Crippen LogP contribution in [0.1, 0.15) is 24.2 Å². The third-order valence-corrected chi connectivity index (χ3v) is 5.62. The number of urea groups is 1. The molecule has 0 aliphatic carbocycles. The summed E-state index contributed by atoms with van der Waals surface area (Å²) in [5, 5.41) is 2.68. The molecule has 30 heavy (non-hydrogen) atoms. The van der Waals surface area contributed by atoms with E-state index in [4.69, 9.17) is 4.42 Å². The highest BCUT2D eigenvalue weighted by molar-refractivity contribution is 6.04. The van der Waals surface area contributed by atoms with Crippen LogP contribution in [0.2, 0.25) is 0 Å². The molecule has 2 fully saturated rings. The maximum atomic E-state index is 12.6. The summed E-state index contributed by atoms with van der Waals surface area (Å²) < 4.78 is 5.21. The van der Waals surface area contributed by atoms with Gasteiger partial charge >= 0.3 is 6.03 Å². The van der Waals surface area contributed by atoms with Gasteiger partial charge in [0.25, 0.3) is 5.91 Å². The average Bonchev–Trinajstić information content (AvgIpc) is 3.37. The van der Waals surface area contributed by atoms with E-state index in [1.165, 1.54) is 11.8 Å². The van der Waals surface area contributed by atoms with Gasteiger partial charge in [0.1, 0.15) is 11.8 Å². The van der Waals surface area contributed by atoms with Gasteiger partial charge in [-0.25, -0.2) is 4.79 Å². The van der Waals surface area contributed by atoms with Crippen LogP contribution >= 0.6 is 0 Å². The molecular weight excluding hydrogens is 384 g/mol. The predicted octanol–water partition coefficient (Wildman–Crippen LogP) is 1.82. The Bertz CT molecular complexity index is 876. The second-order valence-corrected chi connectivity index (χ2v) is 7.69. The molecule has 0 bridgehead atoms. The van der Waals surface area contributed by atoms with Crippen molar-refractivity contribution in [2.75, 3.05) is 26.2 Å².